The van der Waals surface area contributed by atoms with Crippen LogP contribution in [0, 0.1) is 0 Å². The van der Waals surface area contributed by atoms with E-state index in [1.807, 2.05) is 0 Å². The van der Waals surface area contributed by atoms with Gasteiger partial charge >= 0.3 is 0 Å². The van der Waals surface area contributed by atoms with Crippen molar-refractivity contribution in [2.24, 2.45) is 0 Å². The molecule has 2 rings (SSSR count). The zero-order valence-electron chi connectivity index (χ0n) is 8.68. The van der Waals surface area contributed by atoms with Crippen molar-refractivity contribution in [2.45, 2.75) is 43.0 Å². The van der Waals surface area contributed by atoms with Gasteiger partial charge in [0.2, 0.25) is 0 Å². The predicted octanol–water partition coefficient (Wildman–Crippen LogP) is 3.98. The molecule has 0 fully saturated rings. The molecular formula is C12H17IO. The van der Waals surface area contributed by atoms with Crippen LogP contribution in [-0.4, -0.2) is 10.5 Å². The molecule has 0 bridgehead atoms. The lowest BCUT2D eigenvalue weighted by Crippen LogP contribution is -1.98. The first-order valence-corrected chi connectivity index (χ1v) is 6.68. The smallest absolute Gasteiger partial charge is 0.0996 e. The monoisotopic (exact) mass is 304 g/mol. The van der Waals surface area contributed by atoms with Gasteiger partial charge in [-0.2, -0.15) is 0 Å². The van der Waals surface area contributed by atoms with Gasteiger partial charge in [0.05, 0.1) is 12.4 Å². The Kier molecular flexibility index (Phi) is 3.52. The number of ether oxygens (including phenoxy) is 1. The van der Waals surface area contributed by atoms with Gasteiger partial charge in [-0.1, -0.05) is 41.2 Å². The molecule has 14 heavy (non-hydrogen) atoms. The van der Waals surface area contributed by atoms with Crippen LogP contribution < -0.4 is 0 Å². The average molecular weight is 304 g/mol. The van der Waals surface area contributed by atoms with Crippen LogP contribution in [0.15, 0.2) is 23.0 Å². The van der Waals surface area contributed by atoms with E-state index in [4.69, 9.17) is 4.74 Å². The fraction of sp³-hybridized carbons (Fsp3) is 0.667. The molecule has 2 aliphatic rings. The summed E-state index contributed by atoms with van der Waals surface area (Å²) in [4.78, 5) is 0. The van der Waals surface area contributed by atoms with Crippen molar-refractivity contribution in [3.8, 4) is 0 Å². The molecule has 1 aliphatic heterocycles. The summed E-state index contributed by atoms with van der Waals surface area (Å²) in [6.07, 6.45) is 8.50. The van der Waals surface area contributed by atoms with E-state index in [0.717, 1.165) is 23.4 Å². The molecule has 2 heteroatoms. The summed E-state index contributed by atoms with van der Waals surface area (Å²) in [5.74, 6) is 1.27. The standard InChI is InChI=1S/C12H17IO/c1-9(13)2-3-10-4-5-12-11(8-10)6-7-14-12/h8-9H,2-7H2,1H3. The maximum atomic E-state index is 5.56. The van der Waals surface area contributed by atoms with Crippen molar-refractivity contribution in [3.05, 3.63) is 23.0 Å². The maximum Gasteiger partial charge on any atom is 0.0996 e. The molecule has 1 unspecified atom stereocenters. The first kappa shape index (κ1) is 10.5. The Balaban J connectivity index is 1.94. The molecule has 0 saturated heterocycles. The summed E-state index contributed by atoms with van der Waals surface area (Å²) in [6, 6.07) is 0. The number of alkyl halides is 1. The molecule has 0 radical (unpaired) electrons. The molecule has 0 spiro atoms. The largest absolute Gasteiger partial charge is 0.497 e. The van der Waals surface area contributed by atoms with Gasteiger partial charge in [0, 0.05) is 16.8 Å². The molecule has 78 valence electrons. The molecule has 1 atom stereocenters. The van der Waals surface area contributed by atoms with E-state index < -0.39 is 0 Å². The lowest BCUT2D eigenvalue weighted by atomic mass is 9.94. The van der Waals surface area contributed by atoms with Gasteiger partial charge in [-0.05, 0) is 24.8 Å². The molecule has 1 aliphatic carbocycles. The summed E-state index contributed by atoms with van der Waals surface area (Å²) < 4.78 is 6.36. The van der Waals surface area contributed by atoms with Crippen LogP contribution in [0.25, 0.3) is 0 Å². The molecule has 0 aromatic rings. The van der Waals surface area contributed by atoms with Crippen LogP contribution >= 0.6 is 22.6 Å². The summed E-state index contributed by atoms with van der Waals surface area (Å²) in [5, 5.41) is 0. The van der Waals surface area contributed by atoms with Gasteiger partial charge in [-0.25, -0.2) is 0 Å². The Labute approximate surface area is 99.7 Å². The van der Waals surface area contributed by atoms with Gasteiger partial charge in [0.1, 0.15) is 0 Å². The molecule has 0 aromatic heterocycles. The van der Waals surface area contributed by atoms with Crippen molar-refractivity contribution in [1.29, 1.82) is 0 Å². The van der Waals surface area contributed by atoms with Crippen LogP contribution in [0.4, 0.5) is 0 Å². The SMILES string of the molecule is CC(I)CCC1=CC2=C(CC1)OCC2. The number of hydrogen-bond acceptors (Lipinski definition) is 1. The molecule has 0 N–H and O–H groups in total. The zero-order chi connectivity index (χ0) is 9.97. The maximum absolute atomic E-state index is 5.56. The van der Waals surface area contributed by atoms with E-state index in [2.05, 4.69) is 35.6 Å². The Morgan fingerprint density at radius 2 is 2.29 bits per heavy atom. The van der Waals surface area contributed by atoms with E-state index in [9.17, 15) is 0 Å². The molecule has 1 nitrogen and oxygen atoms in total. The molecule has 0 aromatic carbocycles. The fourth-order valence-electron chi connectivity index (χ4n) is 2.08. The molecule has 0 saturated carbocycles. The Hall–Kier alpha value is 0.01000. The lowest BCUT2D eigenvalue weighted by molar-refractivity contribution is 0.233. The number of hydrogen-bond donors (Lipinski definition) is 0. The van der Waals surface area contributed by atoms with E-state index >= 15 is 0 Å². The van der Waals surface area contributed by atoms with Crippen LogP contribution in [0.5, 0.6) is 0 Å². The first-order chi connectivity index (χ1) is 6.75. The van der Waals surface area contributed by atoms with Gasteiger partial charge in [0.25, 0.3) is 0 Å². The normalized spacial score (nSPS) is 22.9. The van der Waals surface area contributed by atoms with Crippen LogP contribution in [0.3, 0.4) is 0 Å². The second kappa shape index (κ2) is 4.69. The highest BCUT2D eigenvalue weighted by molar-refractivity contribution is 14.1. The van der Waals surface area contributed by atoms with Gasteiger partial charge in [-0.15, -0.1) is 0 Å². The molecule has 1 heterocycles. The van der Waals surface area contributed by atoms with Crippen molar-refractivity contribution in [2.75, 3.05) is 6.61 Å². The van der Waals surface area contributed by atoms with Crippen molar-refractivity contribution >= 4 is 22.6 Å². The quantitative estimate of drug-likeness (QED) is 0.566. The Bertz CT molecular complexity index is 276. The summed E-state index contributed by atoms with van der Waals surface area (Å²) in [7, 11) is 0. The van der Waals surface area contributed by atoms with E-state index in [0.29, 0.717) is 0 Å². The van der Waals surface area contributed by atoms with Gasteiger partial charge in [0.15, 0.2) is 0 Å². The zero-order valence-corrected chi connectivity index (χ0v) is 10.8. The minimum absolute atomic E-state index is 0.795. The Morgan fingerprint density at radius 3 is 3.07 bits per heavy atom. The third-order valence-electron chi connectivity index (χ3n) is 2.92. The highest BCUT2D eigenvalue weighted by Gasteiger charge is 2.19. The summed E-state index contributed by atoms with van der Waals surface area (Å²) in [6.45, 7) is 3.20. The summed E-state index contributed by atoms with van der Waals surface area (Å²) >= 11 is 2.51. The van der Waals surface area contributed by atoms with Crippen LogP contribution in [-0.2, 0) is 4.74 Å². The fourth-order valence-corrected chi connectivity index (χ4v) is 2.39. The van der Waals surface area contributed by atoms with Gasteiger partial charge < -0.3 is 4.74 Å². The topological polar surface area (TPSA) is 9.23 Å². The van der Waals surface area contributed by atoms with Crippen LogP contribution in [0.1, 0.15) is 39.0 Å². The molecular weight excluding hydrogens is 287 g/mol. The second-order valence-corrected chi connectivity index (χ2v) is 6.30. The number of rotatable bonds is 3. The number of allylic oxidation sites excluding steroid dienone is 3. The van der Waals surface area contributed by atoms with Crippen molar-refractivity contribution in [3.63, 3.8) is 0 Å². The van der Waals surface area contributed by atoms with E-state index in [-0.39, 0.29) is 0 Å². The minimum Gasteiger partial charge on any atom is -0.497 e. The van der Waals surface area contributed by atoms with Crippen molar-refractivity contribution in [1.82, 2.24) is 0 Å². The van der Waals surface area contributed by atoms with E-state index in [1.165, 1.54) is 30.6 Å². The third-order valence-corrected chi connectivity index (χ3v) is 3.54. The highest BCUT2D eigenvalue weighted by atomic mass is 127. The second-order valence-electron chi connectivity index (χ2n) is 4.17. The van der Waals surface area contributed by atoms with Crippen molar-refractivity contribution < 1.29 is 4.74 Å². The minimum atomic E-state index is 0.795. The molecule has 0 amide bonds. The third kappa shape index (κ3) is 2.53. The van der Waals surface area contributed by atoms with E-state index in [1.54, 1.807) is 5.57 Å². The Morgan fingerprint density at radius 1 is 1.43 bits per heavy atom. The lowest BCUT2D eigenvalue weighted by Gasteiger charge is -2.14. The van der Waals surface area contributed by atoms with Gasteiger partial charge in [-0.3, -0.25) is 0 Å². The average Bonchev–Trinajstić information content (AvgIpc) is 2.61. The highest BCUT2D eigenvalue weighted by Crippen LogP contribution is 2.33. The summed E-state index contributed by atoms with van der Waals surface area (Å²) in [5.41, 5.74) is 3.12. The first-order valence-electron chi connectivity index (χ1n) is 5.44. The number of halogens is 1. The van der Waals surface area contributed by atoms with Crippen LogP contribution in [0.2, 0.25) is 0 Å². The predicted molar refractivity (Wildman–Crippen MR) is 67.6 cm³/mol.